The van der Waals surface area contributed by atoms with E-state index in [0.717, 1.165) is 6.07 Å². The highest BCUT2D eigenvalue weighted by atomic mass is 35.5. The van der Waals surface area contributed by atoms with Crippen LogP contribution in [0.5, 0.6) is 5.75 Å². The van der Waals surface area contributed by atoms with Crippen LogP contribution in [0.4, 0.5) is 11.4 Å². The molecule has 0 heterocycles. The summed E-state index contributed by atoms with van der Waals surface area (Å²) in [6.45, 7) is 0.666. The standard InChI is InChI=1S/C12H15N3O5.ClH/c1-20-10-7-8(12(16)17)6-9(15(18)19)11(10)14-5-3-2-4-13;/h2-3,6-7,14H,4-5,13H2,1H3,(H,16,17);1H/b3-2+;. The number of methoxy groups -OCH3 is 1. The Balaban J connectivity index is 0.00000400. The molecular formula is C12H16ClN3O5. The summed E-state index contributed by atoms with van der Waals surface area (Å²) in [5, 5.41) is 22.8. The first-order valence-electron chi connectivity index (χ1n) is 5.70. The Morgan fingerprint density at radius 2 is 2.19 bits per heavy atom. The van der Waals surface area contributed by atoms with Gasteiger partial charge in [0.25, 0.3) is 5.69 Å². The van der Waals surface area contributed by atoms with E-state index in [1.807, 2.05) is 0 Å². The third kappa shape index (κ3) is 4.93. The Labute approximate surface area is 127 Å². The lowest BCUT2D eigenvalue weighted by atomic mass is 10.1. The molecule has 1 rings (SSSR count). The van der Waals surface area contributed by atoms with Gasteiger partial charge in [0.15, 0.2) is 5.69 Å². The van der Waals surface area contributed by atoms with Gasteiger partial charge in [-0.3, -0.25) is 10.1 Å². The third-order valence-corrected chi connectivity index (χ3v) is 2.44. The molecule has 116 valence electrons. The summed E-state index contributed by atoms with van der Waals surface area (Å²) in [6, 6.07) is 2.21. The Morgan fingerprint density at radius 1 is 1.52 bits per heavy atom. The van der Waals surface area contributed by atoms with Crippen LogP contribution in [0.25, 0.3) is 0 Å². The normalized spacial score (nSPS) is 10.0. The average molecular weight is 318 g/mol. The SMILES string of the molecule is COc1cc(C(=O)O)cc([N+](=O)[O-])c1NC/C=C/CN.Cl. The predicted molar refractivity (Wildman–Crippen MR) is 80.5 cm³/mol. The molecule has 4 N–H and O–H groups in total. The predicted octanol–water partition coefficient (Wildman–Crippen LogP) is 1.65. The van der Waals surface area contributed by atoms with Gasteiger partial charge in [0.05, 0.1) is 17.6 Å². The molecule has 1 aromatic rings. The number of carbonyl (C=O) groups is 1. The quantitative estimate of drug-likeness (QED) is 0.396. The Hall–Kier alpha value is -2.32. The van der Waals surface area contributed by atoms with Crippen LogP contribution < -0.4 is 15.8 Å². The van der Waals surface area contributed by atoms with Crippen molar-refractivity contribution < 1.29 is 19.6 Å². The minimum Gasteiger partial charge on any atom is -0.494 e. The van der Waals surface area contributed by atoms with Crippen molar-refractivity contribution in [2.45, 2.75) is 0 Å². The number of nitrogens with one attached hydrogen (secondary N) is 1. The van der Waals surface area contributed by atoms with Crippen LogP contribution >= 0.6 is 12.4 Å². The van der Waals surface area contributed by atoms with Gasteiger partial charge in [-0.2, -0.15) is 0 Å². The summed E-state index contributed by atoms with van der Waals surface area (Å²) >= 11 is 0. The number of nitrogens with zero attached hydrogens (tertiary/aromatic N) is 1. The van der Waals surface area contributed by atoms with Crippen molar-refractivity contribution in [1.82, 2.24) is 0 Å². The van der Waals surface area contributed by atoms with E-state index in [0.29, 0.717) is 13.1 Å². The van der Waals surface area contributed by atoms with Crippen molar-refractivity contribution in [3.05, 3.63) is 40.0 Å². The smallest absolute Gasteiger partial charge is 0.336 e. The Bertz CT molecular complexity index is 548. The number of hydrogen-bond donors (Lipinski definition) is 3. The van der Waals surface area contributed by atoms with Gasteiger partial charge in [-0.05, 0) is 6.07 Å². The maximum absolute atomic E-state index is 11.0. The second kappa shape index (κ2) is 8.77. The molecule has 0 bridgehead atoms. The lowest BCUT2D eigenvalue weighted by molar-refractivity contribution is -0.384. The molecule has 0 atom stereocenters. The number of ether oxygens (including phenoxy) is 1. The van der Waals surface area contributed by atoms with Gasteiger partial charge in [0.2, 0.25) is 0 Å². The van der Waals surface area contributed by atoms with Crippen molar-refractivity contribution >= 4 is 29.8 Å². The number of aromatic carboxylic acids is 1. The number of nitro benzene ring substituents is 1. The lowest BCUT2D eigenvalue weighted by Gasteiger charge is -2.11. The highest BCUT2D eigenvalue weighted by molar-refractivity contribution is 5.91. The fourth-order valence-corrected chi connectivity index (χ4v) is 1.55. The van der Waals surface area contributed by atoms with Crippen molar-refractivity contribution in [3.63, 3.8) is 0 Å². The van der Waals surface area contributed by atoms with Crippen molar-refractivity contribution in [1.29, 1.82) is 0 Å². The second-order valence-electron chi connectivity index (χ2n) is 3.72. The van der Waals surface area contributed by atoms with Crippen LogP contribution in [0.2, 0.25) is 0 Å². The number of nitro groups is 1. The van der Waals surface area contributed by atoms with Crippen LogP contribution in [0.15, 0.2) is 24.3 Å². The summed E-state index contributed by atoms with van der Waals surface area (Å²) in [6.07, 6.45) is 3.39. The zero-order valence-corrected chi connectivity index (χ0v) is 12.1. The first-order valence-corrected chi connectivity index (χ1v) is 5.70. The molecule has 0 radical (unpaired) electrons. The molecule has 21 heavy (non-hydrogen) atoms. The minimum absolute atomic E-state index is 0. The number of carboxylic acid groups (broad SMARTS) is 1. The molecule has 0 saturated heterocycles. The molecule has 0 amide bonds. The van der Waals surface area contributed by atoms with E-state index in [-0.39, 0.29) is 35.1 Å². The summed E-state index contributed by atoms with van der Waals surface area (Å²) < 4.78 is 5.00. The molecule has 1 aromatic carbocycles. The number of hydrogen-bond acceptors (Lipinski definition) is 6. The highest BCUT2D eigenvalue weighted by Gasteiger charge is 2.22. The number of halogens is 1. The molecule has 9 heteroatoms. The summed E-state index contributed by atoms with van der Waals surface area (Å²) in [5.41, 5.74) is 4.84. The largest absolute Gasteiger partial charge is 0.494 e. The molecule has 0 aliphatic carbocycles. The van der Waals surface area contributed by atoms with Gasteiger partial charge in [-0.25, -0.2) is 4.79 Å². The van der Waals surface area contributed by atoms with Gasteiger partial charge >= 0.3 is 5.97 Å². The molecule has 0 spiro atoms. The van der Waals surface area contributed by atoms with E-state index in [4.69, 9.17) is 15.6 Å². The van der Waals surface area contributed by atoms with Crippen LogP contribution in [0.1, 0.15) is 10.4 Å². The maximum atomic E-state index is 11.0. The zero-order chi connectivity index (χ0) is 15.1. The molecule has 8 nitrogen and oxygen atoms in total. The monoisotopic (exact) mass is 317 g/mol. The van der Waals surface area contributed by atoms with Crippen molar-refractivity contribution in [2.75, 3.05) is 25.5 Å². The molecule has 0 aromatic heterocycles. The average Bonchev–Trinajstić information content (AvgIpc) is 2.42. The lowest BCUT2D eigenvalue weighted by Crippen LogP contribution is -2.07. The van der Waals surface area contributed by atoms with E-state index in [2.05, 4.69) is 5.32 Å². The highest BCUT2D eigenvalue weighted by Crippen LogP contribution is 2.35. The van der Waals surface area contributed by atoms with E-state index < -0.39 is 10.9 Å². The summed E-state index contributed by atoms with van der Waals surface area (Å²) in [4.78, 5) is 21.3. The van der Waals surface area contributed by atoms with Gasteiger partial charge in [0.1, 0.15) is 5.75 Å². The molecule has 0 aliphatic heterocycles. The Kier molecular flexibility index (Phi) is 7.80. The molecule has 0 unspecified atom stereocenters. The van der Waals surface area contributed by atoms with E-state index in [9.17, 15) is 14.9 Å². The Morgan fingerprint density at radius 3 is 2.67 bits per heavy atom. The fraction of sp³-hybridized carbons (Fsp3) is 0.250. The van der Waals surface area contributed by atoms with E-state index in [1.54, 1.807) is 12.2 Å². The number of anilines is 1. The van der Waals surface area contributed by atoms with Gasteiger partial charge in [-0.1, -0.05) is 12.2 Å². The summed E-state index contributed by atoms with van der Waals surface area (Å²) in [5.74, 6) is -1.17. The van der Waals surface area contributed by atoms with Crippen LogP contribution in [0.3, 0.4) is 0 Å². The van der Waals surface area contributed by atoms with Crippen molar-refractivity contribution in [3.8, 4) is 5.75 Å². The first kappa shape index (κ1) is 18.7. The van der Waals surface area contributed by atoms with E-state index in [1.165, 1.54) is 13.2 Å². The number of rotatable bonds is 7. The van der Waals surface area contributed by atoms with E-state index >= 15 is 0 Å². The number of nitrogens with two attached hydrogens (primary N) is 1. The number of benzene rings is 1. The van der Waals surface area contributed by atoms with Crippen LogP contribution in [0, 0.1) is 10.1 Å². The minimum atomic E-state index is -1.26. The summed E-state index contributed by atoms with van der Waals surface area (Å²) in [7, 11) is 1.31. The van der Waals surface area contributed by atoms with Gasteiger partial charge < -0.3 is 20.9 Å². The number of carboxylic acids is 1. The second-order valence-corrected chi connectivity index (χ2v) is 3.72. The third-order valence-electron chi connectivity index (χ3n) is 2.44. The molecule has 0 saturated carbocycles. The maximum Gasteiger partial charge on any atom is 0.336 e. The van der Waals surface area contributed by atoms with Gasteiger partial charge in [-0.15, -0.1) is 12.4 Å². The molecule has 0 aliphatic rings. The molecular weight excluding hydrogens is 302 g/mol. The molecule has 0 fully saturated rings. The van der Waals surface area contributed by atoms with Crippen LogP contribution in [-0.2, 0) is 0 Å². The fourth-order valence-electron chi connectivity index (χ4n) is 1.55. The first-order chi connectivity index (χ1) is 9.51. The topological polar surface area (TPSA) is 128 Å². The van der Waals surface area contributed by atoms with Crippen LogP contribution in [-0.4, -0.2) is 36.2 Å². The zero-order valence-electron chi connectivity index (χ0n) is 11.2. The van der Waals surface area contributed by atoms with Gasteiger partial charge in [0, 0.05) is 19.2 Å². The van der Waals surface area contributed by atoms with Crippen molar-refractivity contribution in [2.24, 2.45) is 5.73 Å².